The minimum Gasteiger partial charge on any atom is -0.481 e. The lowest BCUT2D eigenvalue weighted by molar-refractivity contribution is -0.128. The molecule has 2 rings (SSSR count). The summed E-state index contributed by atoms with van der Waals surface area (Å²) in [6.07, 6.45) is -0.531. The monoisotopic (exact) mass is 384 g/mol. The maximum absolute atomic E-state index is 12.3. The highest BCUT2D eigenvalue weighted by molar-refractivity contribution is 9.10. The smallest absolute Gasteiger partial charge is 0.260 e. The fraction of sp³-hybridized carbons (Fsp3) is 0.588. The zero-order chi connectivity index (χ0) is 16.9. The Labute approximate surface area is 146 Å². The highest BCUT2D eigenvalue weighted by Gasteiger charge is 2.29. The van der Waals surface area contributed by atoms with Crippen molar-refractivity contribution in [3.8, 4) is 5.75 Å². The van der Waals surface area contributed by atoms with Crippen molar-refractivity contribution in [1.82, 2.24) is 10.2 Å². The zero-order valence-corrected chi connectivity index (χ0v) is 15.6. The number of rotatable bonds is 6. The number of nitrogens with one attached hydrogen (secondary N) is 1. The predicted molar refractivity (Wildman–Crippen MR) is 93.7 cm³/mol. The van der Waals surface area contributed by atoms with Crippen LogP contribution in [0.5, 0.6) is 5.75 Å². The van der Waals surface area contributed by atoms with E-state index in [0.29, 0.717) is 12.3 Å². The number of carbonyl (C=O) groups excluding carboxylic acids is 1. The van der Waals surface area contributed by atoms with Gasteiger partial charge in [-0.2, -0.15) is 0 Å². The molecule has 23 heavy (non-hydrogen) atoms. The Hall–Kier alpha value is -1.11. The molecule has 1 heterocycles. The minimum atomic E-state index is -0.531. The molecular formula is C17H25BrN2O3. The van der Waals surface area contributed by atoms with E-state index in [-0.39, 0.29) is 11.4 Å². The summed E-state index contributed by atoms with van der Waals surface area (Å²) in [7, 11) is 0. The minimum absolute atomic E-state index is 0.100. The quantitative estimate of drug-likeness (QED) is 0.818. The number of halogens is 1. The van der Waals surface area contributed by atoms with Crippen molar-refractivity contribution in [2.24, 2.45) is 0 Å². The second-order valence-corrected chi connectivity index (χ2v) is 7.26. The van der Waals surface area contributed by atoms with Crippen LogP contribution in [-0.4, -0.2) is 55.3 Å². The van der Waals surface area contributed by atoms with Gasteiger partial charge in [-0.25, -0.2) is 0 Å². The Balaban J connectivity index is 1.82. The van der Waals surface area contributed by atoms with Crippen LogP contribution in [0.2, 0.25) is 0 Å². The summed E-state index contributed by atoms with van der Waals surface area (Å²) >= 11 is 3.38. The van der Waals surface area contributed by atoms with Crippen molar-refractivity contribution in [3.63, 3.8) is 0 Å². The number of ether oxygens (including phenoxy) is 2. The molecule has 1 amide bonds. The van der Waals surface area contributed by atoms with Gasteiger partial charge in [0.1, 0.15) is 5.75 Å². The van der Waals surface area contributed by atoms with Gasteiger partial charge in [-0.1, -0.05) is 15.9 Å². The van der Waals surface area contributed by atoms with Gasteiger partial charge in [0.25, 0.3) is 5.91 Å². The third-order valence-electron chi connectivity index (χ3n) is 4.06. The standard InChI is InChI=1S/C17H25BrN2O3/c1-13(23-15-6-4-14(18)5-7-15)16(21)19-12-17(2,3)20-8-10-22-11-9-20/h4-7,13H,8-12H2,1-3H3,(H,19,21)/t13-/m0/s1. The summed E-state index contributed by atoms with van der Waals surface area (Å²) in [5, 5.41) is 3.00. The largest absolute Gasteiger partial charge is 0.481 e. The fourth-order valence-electron chi connectivity index (χ4n) is 2.50. The summed E-state index contributed by atoms with van der Waals surface area (Å²) in [5.41, 5.74) is -0.100. The maximum Gasteiger partial charge on any atom is 0.260 e. The van der Waals surface area contributed by atoms with E-state index >= 15 is 0 Å². The zero-order valence-electron chi connectivity index (χ0n) is 14.0. The van der Waals surface area contributed by atoms with E-state index in [1.807, 2.05) is 24.3 Å². The molecule has 0 saturated carbocycles. The summed E-state index contributed by atoms with van der Waals surface area (Å²) in [6, 6.07) is 7.46. The van der Waals surface area contributed by atoms with Crippen LogP contribution in [0.1, 0.15) is 20.8 Å². The molecule has 0 radical (unpaired) electrons. The van der Waals surface area contributed by atoms with Crippen LogP contribution in [0, 0.1) is 0 Å². The Bertz CT molecular complexity index is 513. The van der Waals surface area contributed by atoms with Gasteiger partial charge < -0.3 is 14.8 Å². The van der Waals surface area contributed by atoms with Crippen LogP contribution < -0.4 is 10.1 Å². The number of hydrogen-bond acceptors (Lipinski definition) is 4. The average molecular weight is 385 g/mol. The Morgan fingerprint density at radius 3 is 2.57 bits per heavy atom. The van der Waals surface area contributed by atoms with Gasteiger partial charge in [0.05, 0.1) is 13.2 Å². The van der Waals surface area contributed by atoms with Crippen LogP contribution in [0.4, 0.5) is 0 Å². The molecule has 0 aromatic heterocycles. The van der Waals surface area contributed by atoms with E-state index in [0.717, 1.165) is 30.8 Å². The first kappa shape index (κ1) is 18.2. The van der Waals surface area contributed by atoms with Crippen LogP contribution in [0.25, 0.3) is 0 Å². The molecule has 1 aromatic rings. The molecule has 0 aliphatic carbocycles. The first-order chi connectivity index (χ1) is 10.9. The SMILES string of the molecule is C[C@H](Oc1ccc(Br)cc1)C(=O)NCC(C)(C)N1CCOCC1. The predicted octanol–water partition coefficient (Wildman–Crippen LogP) is 2.44. The molecule has 128 valence electrons. The Morgan fingerprint density at radius 2 is 1.96 bits per heavy atom. The van der Waals surface area contributed by atoms with Gasteiger partial charge in [-0.3, -0.25) is 9.69 Å². The molecule has 1 aromatic carbocycles. The lowest BCUT2D eigenvalue weighted by Gasteiger charge is -2.41. The van der Waals surface area contributed by atoms with Crippen molar-refractivity contribution in [3.05, 3.63) is 28.7 Å². The maximum atomic E-state index is 12.3. The third-order valence-corrected chi connectivity index (χ3v) is 4.59. The topological polar surface area (TPSA) is 50.8 Å². The molecule has 1 aliphatic rings. The number of nitrogens with zero attached hydrogens (tertiary/aromatic N) is 1. The Kier molecular flexibility index (Phi) is 6.44. The van der Waals surface area contributed by atoms with Crippen LogP contribution in [0.15, 0.2) is 28.7 Å². The first-order valence-corrected chi connectivity index (χ1v) is 8.70. The lowest BCUT2D eigenvalue weighted by Crippen LogP contribution is -2.56. The molecule has 0 spiro atoms. The lowest BCUT2D eigenvalue weighted by atomic mass is 10.0. The van der Waals surface area contributed by atoms with Gasteiger partial charge in [-0.05, 0) is 45.0 Å². The normalized spacial score (nSPS) is 17.6. The third kappa shape index (κ3) is 5.48. The number of carbonyl (C=O) groups is 1. The first-order valence-electron chi connectivity index (χ1n) is 7.91. The summed E-state index contributed by atoms with van der Waals surface area (Å²) in [5.74, 6) is 0.581. The van der Waals surface area contributed by atoms with Crippen molar-refractivity contribution < 1.29 is 14.3 Å². The van der Waals surface area contributed by atoms with Gasteiger partial charge in [0.15, 0.2) is 6.10 Å². The molecule has 0 bridgehead atoms. The Morgan fingerprint density at radius 1 is 1.35 bits per heavy atom. The van der Waals surface area contributed by atoms with Crippen molar-refractivity contribution in [1.29, 1.82) is 0 Å². The molecule has 0 unspecified atom stereocenters. The molecule has 5 nitrogen and oxygen atoms in total. The van der Waals surface area contributed by atoms with Crippen LogP contribution in [-0.2, 0) is 9.53 Å². The molecule has 1 aliphatic heterocycles. The van der Waals surface area contributed by atoms with Gasteiger partial charge in [0.2, 0.25) is 0 Å². The molecular weight excluding hydrogens is 360 g/mol. The summed E-state index contributed by atoms with van der Waals surface area (Å²) in [4.78, 5) is 14.6. The number of hydrogen-bond donors (Lipinski definition) is 1. The molecule has 6 heteroatoms. The van der Waals surface area contributed by atoms with E-state index in [2.05, 4.69) is 40.0 Å². The average Bonchev–Trinajstić information content (AvgIpc) is 2.55. The van der Waals surface area contributed by atoms with E-state index in [9.17, 15) is 4.79 Å². The van der Waals surface area contributed by atoms with E-state index in [1.165, 1.54) is 0 Å². The van der Waals surface area contributed by atoms with Gasteiger partial charge >= 0.3 is 0 Å². The molecule has 1 saturated heterocycles. The van der Waals surface area contributed by atoms with E-state index in [4.69, 9.17) is 9.47 Å². The van der Waals surface area contributed by atoms with Crippen molar-refractivity contribution >= 4 is 21.8 Å². The second-order valence-electron chi connectivity index (χ2n) is 6.34. The number of amides is 1. The van der Waals surface area contributed by atoms with E-state index < -0.39 is 6.10 Å². The van der Waals surface area contributed by atoms with Crippen molar-refractivity contribution in [2.75, 3.05) is 32.8 Å². The highest BCUT2D eigenvalue weighted by atomic mass is 79.9. The summed E-state index contributed by atoms with van der Waals surface area (Å²) < 4.78 is 12.0. The molecule has 1 atom stereocenters. The highest BCUT2D eigenvalue weighted by Crippen LogP contribution is 2.18. The molecule has 1 fully saturated rings. The van der Waals surface area contributed by atoms with Crippen LogP contribution in [0.3, 0.4) is 0 Å². The van der Waals surface area contributed by atoms with Gasteiger partial charge in [0, 0.05) is 29.6 Å². The fourth-order valence-corrected chi connectivity index (χ4v) is 2.76. The van der Waals surface area contributed by atoms with Crippen molar-refractivity contribution in [2.45, 2.75) is 32.4 Å². The number of morpholine rings is 1. The van der Waals surface area contributed by atoms with Gasteiger partial charge in [-0.15, -0.1) is 0 Å². The van der Waals surface area contributed by atoms with Crippen LogP contribution >= 0.6 is 15.9 Å². The molecule has 1 N–H and O–H groups in total. The number of benzene rings is 1. The van der Waals surface area contributed by atoms with E-state index in [1.54, 1.807) is 6.92 Å². The summed E-state index contributed by atoms with van der Waals surface area (Å²) in [6.45, 7) is 9.92. The second kappa shape index (κ2) is 8.13.